The lowest BCUT2D eigenvalue weighted by atomic mass is 9.91. The van der Waals surface area contributed by atoms with Crippen molar-refractivity contribution in [3.63, 3.8) is 0 Å². The summed E-state index contributed by atoms with van der Waals surface area (Å²) in [4.78, 5) is 11.4. The lowest BCUT2D eigenvalue weighted by Crippen LogP contribution is -2.54. The van der Waals surface area contributed by atoms with Gasteiger partial charge < -0.3 is 14.8 Å². The van der Waals surface area contributed by atoms with Crippen LogP contribution in [0.15, 0.2) is 0 Å². The van der Waals surface area contributed by atoms with E-state index in [0.29, 0.717) is 0 Å². The van der Waals surface area contributed by atoms with Gasteiger partial charge in [0.15, 0.2) is 0 Å². The van der Waals surface area contributed by atoms with Crippen molar-refractivity contribution in [2.24, 2.45) is 5.92 Å². The van der Waals surface area contributed by atoms with Crippen LogP contribution in [0, 0.1) is 5.92 Å². The summed E-state index contributed by atoms with van der Waals surface area (Å²) in [5.74, 6) is -0.315. The predicted octanol–water partition coefficient (Wildman–Crippen LogP) is 1.34. The number of rotatable bonds is 4. The normalized spacial score (nSPS) is 33.4. The summed E-state index contributed by atoms with van der Waals surface area (Å²) in [7, 11) is 1.43. The number of carbonyl (C=O) groups is 1. The zero-order chi connectivity index (χ0) is 12.3. The number of esters is 1. The lowest BCUT2D eigenvalue weighted by molar-refractivity contribution is -0.145. The highest BCUT2D eigenvalue weighted by molar-refractivity contribution is 5.72. The van der Waals surface area contributed by atoms with Gasteiger partial charge in [-0.25, -0.2) is 0 Å². The van der Waals surface area contributed by atoms with Gasteiger partial charge in [0, 0.05) is 18.2 Å². The molecule has 94 valence electrons. The molecule has 0 aliphatic carbocycles. The van der Waals surface area contributed by atoms with Crippen LogP contribution in [-0.4, -0.2) is 37.4 Å². The maximum atomic E-state index is 11.4. The van der Waals surface area contributed by atoms with Gasteiger partial charge in [0.25, 0.3) is 0 Å². The van der Waals surface area contributed by atoms with E-state index in [1.165, 1.54) is 7.11 Å². The third-order valence-corrected chi connectivity index (χ3v) is 3.77. The number of carbonyl (C=O) groups excluding carboxylic acids is 1. The third-order valence-electron chi connectivity index (χ3n) is 3.77. The maximum absolute atomic E-state index is 11.4. The second-order valence-electron chi connectivity index (χ2n) is 4.93. The second kappa shape index (κ2) is 5.15. The molecule has 0 aromatic rings. The van der Waals surface area contributed by atoms with Crippen molar-refractivity contribution in [1.82, 2.24) is 5.32 Å². The predicted molar refractivity (Wildman–Crippen MR) is 62.2 cm³/mol. The molecule has 0 saturated carbocycles. The van der Waals surface area contributed by atoms with Crippen LogP contribution in [0.3, 0.4) is 0 Å². The van der Waals surface area contributed by atoms with Gasteiger partial charge in [-0.1, -0.05) is 6.92 Å². The molecule has 0 aromatic carbocycles. The van der Waals surface area contributed by atoms with Gasteiger partial charge in [0.05, 0.1) is 19.1 Å². The molecule has 16 heavy (non-hydrogen) atoms. The molecule has 0 amide bonds. The van der Waals surface area contributed by atoms with Gasteiger partial charge in [-0.3, -0.25) is 4.79 Å². The van der Waals surface area contributed by atoms with Crippen LogP contribution in [0.25, 0.3) is 0 Å². The first-order chi connectivity index (χ1) is 7.40. The Hall–Kier alpha value is -0.610. The third kappa shape index (κ3) is 2.74. The van der Waals surface area contributed by atoms with E-state index in [2.05, 4.69) is 19.2 Å². The number of methoxy groups -OCH3 is 1. The van der Waals surface area contributed by atoms with E-state index in [4.69, 9.17) is 9.47 Å². The SMILES string of the molecule is COC(=O)C(C)C(C)NC1(C)CCOC1C. The van der Waals surface area contributed by atoms with Crippen molar-refractivity contribution < 1.29 is 14.3 Å². The minimum absolute atomic E-state index is 0.0400. The second-order valence-corrected chi connectivity index (χ2v) is 4.93. The highest BCUT2D eigenvalue weighted by Crippen LogP contribution is 2.26. The first kappa shape index (κ1) is 13.5. The van der Waals surface area contributed by atoms with E-state index < -0.39 is 0 Å². The lowest BCUT2D eigenvalue weighted by Gasteiger charge is -2.34. The van der Waals surface area contributed by atoms with Gasteiger partial charge in [0.1, 0.15) is 0 Å². The van der Waals surface area contributed by atoms with Gasteiger partial charge in [0.2, 0.25) is 0 Å². The van der Waals surface area contributed by atoms with Gasteiger partial charge >= 0.3 is 5.97 Å². The smallest absolute Gasteiger partial charge is 0.309 e. The molecule has 4 atom stereocenters. The van der Waals surface area contributed by atoms with Crippen molar-refractivity contribution in [2.45, 2.75) is 51.8 Å². The first-order valence-electron chi connectivity index (χ1n) is 5.88. The Morgan fingerprint density at radius 3 is 2.62 bits per heavy atom. The van der Waals surface area contributed by atoms with Crippen LogP contribution in [0.4, 0.5) is 0 Å². The standard InChI is InChI=1S/C12H23NO3/c1-8(11(14)15-5)9(2)13-12(4)6-7-16-10(12)3/h8-10,13H,6-7H2,1-5H3. The summed E-state index contributed by atoms with van der Waals surface area (Å²) >= 11 is 0. The Balaban J connectivity index is 2.56. The number of hydrogen-bond acceptors (Lipinski definition) is 4. The molecule has 1 heterocycles. The van der Waals surface area contributed by atoms with Crippen LogP contribution in [0.1, 0.15) is 34.1 Å². The van der Waals surface area contributed by atoms with E-state index in [1.54, 1.807) is 0 Å². The highest BCUT2D eigenvalue weighted by atomic mass is 16.5. The van der Waals surface area contributed by atoms with Gasteiger partial charge in [-0.2, -0.15) is 0 Å². The van der Waals surface area contributed by atoms with Crippen LogP contribution < -0.4 is 5.32 Å². The minimum atomic E-state index is -0.171. The fraction of sp³-hybridized carbons (Fsp3) is 0.917. The van der Waals surface area contributed by atoms with E-state index in [9.17, 15) is 4.79 Å². The number of ether oxygens (including phenoxy) is 2. The van der Waals surface area contributed by atoms with Crippen molar-refractivity contribution >= 4 is 5.97 Å². The zero-order valence-corrected chi connectivity index (χ0v) is 10.9. The molecule has 1 N–H and O–H groups in total. The first-order valence-corrected chi connectivity index (χ1v) is 5.88. The molecule has 1 fully saturated rings. The fourth-order valence-electron chi connectivity index (χ4n) is 2.06. The molecule has 1 rings (SSSR count). The summed E-state index contributed by atoms with van der Waals surface area (Å²) in [6.07, 6.45) is 1.16. The number of hydrogen-bond donors (Lipinski definition) is 1. The Morgan fingerprint density at radius 1 is 1.56 bits per heavy atom. The van der Waals surface area contributed by atoms with E-state index in [1.807, 2.05) is 13.8 Å². The zero-order valence-electron chi connectivity index (χ0n) is 10.9. The maximum Gasteiger partial charge on any atom is 0.309 e. The Labute approximate surface area is 97.7 Å². The minimum Gasteiger partial charge on any atom is -0.469 e. The molecule has 1 aliphatic heterocycles. The molecule has 0 aromatic heterocycles. The fourth-order valence-corrected chi connectivity index (χ4v) is 2.06. The monoisotopic (exact) mass is 229 g/mol. The quantitative estimate of drug-likeness (QED) is 0.739. The summed E-state index contributed by atoms with van der Waals surface area (Å²) in [5, 5.41) is 3.49. The summed E-state index contributed by atoms with van der Waals surface area (Å²) in [5.41, 5.74) is -0.0400. The molecule has 4 nitrogen and oxygen atoms in total. The van der Waals surface area contributed by atoms with Crippen LogP contribution in [0.5, 0.6) is 0 Å². The topological polar surface area (TPSA) is 47.6 Å². The molecule has 1 aliphatic rings. The van der Waals surface area contributed by atoms with E-state index in [0.717, 1.165) is 13.0 Å². The summed E-state index contributed by atoms with van der Waals surface area (Å²) in [6, 6.07) is 0.0848. The average Bonchev–Trinajstić information content (AvgIpc) is 2.56. The molecule has 4 heteroatoms. The summed E-state index contributed by atoms with van der Waals surface area (Å²) in [6.45, 7) is 8.88. The molecule has 0 radical (unpaired) electrons. The molecule has 1 saturated heterocycles. The Kier molecular flexibility index (Phi) is 4.33. The van der Waals surface area contributed by atoms with Gasteiger partial charge in [-0.15, -0.1) is 0 Å². The molecular weight excluding hydrogens is 206 g/mol. The Bertz CT molecular complexity index is 257. The Morgan fingerprint density at radius 2 is 2.19 bits per heavy atom. The largest absolute Gasteiger partial charge is 0.469 e. The van der Waals surface area contributed by atoms with Gasteiger partial charge in [-0.05, 0) is 27.2 Å². The molecular formula is C12H23NO3. The van der Waals surface area contributed by atoms with E-state index in [-0.39, 0.29) is 29.6 Å². The average molecular weight is 229 g/mol. The molecule has 4 unspecified atom stereocenters. The van der Waals surface area contributed by atoms with Crippen LogP contribution in [0.2, 0.25) is 0 Å². The molecule has 0 spiro atoms. The summed E-state index contributed by atoms with van der Waals surface area (Å²) < 4.78 is 10.3. The van der Waals surface area contributed by atoms with Crippen molar-refractivity contribution in [1.29, 1.82) is 0 Å². The van der Waals surface area contributed by atoms with Crippen molar-refractivity contribution in [3.05, 3.63) is 0 Å². The van der Waals surface area contributed by atoms with Crippen LogP contribution in [-0.2, 0) is 14.3 Å². The number of nitrogens with one attached hydrogen (secondary N) is 1. The molecule has 0 bridgehead atoms. The van der Waals surface area contributed by atoms with Crippen LogP contribution >= 0.6 is 0 Å². The van der Waals surface area contributed by atoms with E-state index >= 15 is 0 Å². The van der Waals surface area contributed by atoms with Crippen molar-refractivity contribution in [3.8, 4) is 0 Å². The van der Waals surface area contributed by atoms with Crippen molar-refractivity contribution in [2.75, 3.05) is 13.7 Å². The highest BCUT2D eigenvalue weighted by Gasteiger charge is 2.39.